The number of benzene rings is 1. The minimum Gasteiger partial charge on any atom is -0.310 e. The molecule has 1 aliphatic rings. The van der Waals surface area contributed by atoms with E-state index < -0.39 is 0 Å². The van der Waals surface area contributed by atoms with Crippen LogP contribution >= 0.6 is 11.6 Å². The Hall–Kier alpha value is -1.90. The number of aromatic nitrogens is 3. The predicted octanol–water partition coefficient (Wildman–Crippen LogP) is 2.04. The van der Waals surface area contributed by atoms with Crippen LogP contribution in [0.3, 0.4) is 0 Å². The summed E-state index contributed by atoms with van der Waals surface area (Å²) in [6.45, 7) is 0.763. The van der Waals surface area contributed by atoms with Crippen molar-refractivity contribution in [3.05, 3.63) is 40.9 Å². The van der Waals surface area contributed by atoms with Crippen LogP contribution in [0.5, 0.6) is 0 Å². The van der Waals surface area contributed by atoms with Gasteiger partial charge < -0.3 is 5.32 Å². The number of hydrogen-bond donors (Lipinski definition) is 1. The van der Waals surface area contributed by atoms with E-state index in [4.69, 9.17) is 16.9 Å². The topological polar surface area (TPSA) is 66.5 Å². The first-order valence-electron chi connectivity index (χ1n) is 6.10. The van der Waals surface area contributed by atoms with Crippen molar-refractivity contribution in [3.63, 3.8) is 0 Å². The number of nitrogens with one attached hydrogen (secondary N) is 1. The van der Waals surface area contributed by atoms with Crippen LogP contribution in [0.4, 0.5) is 0 Å². The van der Waals surface area contributed by atoms with Crippen molar-refractivity contribution < 1.29 is 0 Å². The highest BCUT2D eigenvalue weighted by molar-refractivity contribution is 6.30. The Labute approximate surface area is 115 Å². The summed E-state index contributed by atoms with van der Waals surface area (Å²) in [7, 11) is 0. The Bertz CT molecular complexity index is 639. The summed E-state index contributed by atoms with van der Waals surface area (Å²) in [5, 5.41) is 17.0. The van der Waals surface area contributed by atoms with E-state index in [-0.39, 0.29) is 5.82 Å². The molecule has 0 atom stereocenters. The molecule has 19 heavy (non-hydrogen) atoms. The summed E-state index contributed by atoms with van der Waals surface area (Å²) in [4.78, 5) is 3.92. The Morgan fingerprint density at radius 2 is 2.32 bits per heavy atom. The van der Waals surface area contributed by atoms with E-state index in [0.717, 1.165) is 17.8 Å². The standard InChI is InChI=1S/C13H12ClN5/c14-10-2-1-9(7-16-11-3-4-11)12(5-10)19-8-17-13(6-15)18-19/h1-2,5,8,11,16H,3-4,7H2. The van der Waals surface area contributed by atoms with Gasteiger partial charge in [0, 0.05) is 17.6 Å². The van der Waals surface area contributed by atoms with Crippen LogP contribution in [-0.4, -0.2) is 20.8 Å². The van der Waals surface area contributed by atoms with Gasteiger partial charge in [0.25, 0.3) is 5.82 Å². The molecule has 2 aromatic rings. The van der Waals surface area contributed by atoms with Crippen molar-refractivity contribution in [1.29, 1.82) is 5.26 Å². The molecule has 5 nitrogen and oxygen atoms in total. The molecule has 0 bridgehead atoms. The number of rotatable bonds is 4. The molecule has 1 N–H and O–H groups in total. The van der Waals surface area contributed by atoms with Crippen molar-refractivity contribution in [2.45, 2.75) is 25.4 Å². The molecule has 1 aromatic heterocycles. The average molecular weight is 274 g/mol. The first kappa shape index (κ1) is 12.2. The maximum absolute atomic E-state index is 8.78. The zero-order valence-corrected chi connectivity index (χ0v) is 10.9. The summed E-state index contributed by atoms with van der Waals surface area (Å²) < 4.78 is 1.59. The Kier molecular flexibility index (Phi) is 3.20. The Balaban J connectivity index is 1.92. The number of nitrogens with zero attached hydrogens (tertiary/aromatic N) is 4. The van der Waals surface area contributed by atoms with Gasteiger partial charge >= 0.3 is 0 Å². The Morgan fingerprint density at radius 1 is 1.47 bits per heavy atom. The smallest absolute Gasteiger partial charge is 0.252 e. The molecule has 0 aliphatic heterocycles. The summed E-state index contributed by atoms with van der Waals surface area (Å²) in [5.41, 5.74) is 1.94. The van der Waals surface area contributed by atoms with Crippen LogP contribution in [0.15, 0.2) is 24.5 Å². The molecule has 0 unspecified atom stereocenters. The van der Waals surface area contributed by atoms with E-state index in [2.05, 4.69) is 15.4 Å². The molecule has 1 aromatic carbocycles. The van der Waals surface area contributed by atoms with E-state index in [1.165, 1.54) is 19.2 Å². The molecule has 3 rings (SSSR count). The van der Waals surface area contributed by atoms with Gasteiger partial charge in [-0.05, 0) is 30.5 Å². The first-order chi connectivity index (χ1) is 9.26. The summed E-state index contributed by atoms with van der Waals surface area (Å²) in [5.74, 6) is 0.154. The van der Waals surface area contributed by atoms with Crippen molar-refractivity contribution in [2.75, 3.05) is 0 Å². The van der Waals surface area contributed by atoms with E-state index >= 15 is 0 Å². The third-order valence-electron chi connectivity index (χ3n) is 3.04. The molecule has 96 valence electrons. The molecule has 0 spiro atoms. The second kappa shape index (κ2) is 5.00. The van der Waals surface area contributed by atoms with Crippen molar-refractivity contribution in [2.24, 2.45) is 0 Å². The molecule has 1 saturated carbocycles. The van der Waals surface area contributed by atoms with E-state index in [0.29, 0.717) is 11.1 Å². The third-order valence-corrected chi connectivity index (χ3v) is 3.28. The van der Waals surface area contributed by atoms with Crippen molar-refractivity contribution in [3.8, 4) is 11.8 Å². The molecule has 0 radical (unpaired) electrons. The van der Waals surface area contributed by atoms with Gasteiger partial charge in [-0.1, -0.05) is 17.7 Å². The van der Waals surface area contributed by atoms with E-state index in [1.54, 1.807) is 4.68 Å². The summed E-state index contributed by atoms with van der Waals surface area (Å²) in [6.07, 6.45) is 4.01. The molecular weight excluding hydrogens is 262 g/mol. The number of hydrogen-bond acceptors (Lipinski definition) is 4. The van der Waals surface area contributed by atoms with Crippen LogP contribution in [0.25, 0.3) is 5.69 Å². The highest BCUT2D eigenvalue weighted by Crippen LogP contribution is 2.23. The van der Waals surface area contributed by atoms with Crippen molar-refractivity contribution in [1.82, 2.24) is 20.1 Å². The first-order valence-corrected chi connectivity index (χ1v) is 6.48. The highest BCUT2D eigenvalue weighted by Gasteiger charge is 2.20. The Morgan fingerprint density at radius 3 is 3.00 bits per heavy atom. The number of halogens is 1. The van der Waals surface area contributed by atoms with Gasteiger partial charge in [-0.15, -0.1) is 5.10 Å². The fourth-order valence-electron chi connectivity index (χ4n) is 1.87. The van der Waals surface area contributed by atoms with E-state index in [1.807, 2.05) is 24.3 Å². The maximum atomic E-state index is 8.78. The molecule has 1 aliphatic carbocycles. The fraction of sp³-hybridized carbons (Fsp3) is 0.308. The monoisotopic (exact) mass is 273 g/mol. The van der Waals surface area contributed by atoms with Crippen molar-refractivity contribution >= 4 is 11.6 Å². The average Bonchev–Trinajstić information content (AvgIpc) is 3.13. The second-order valence-electron chi connectivity index (χ2n) is 4.55. The van der Waals surface area contributed by atoms with E-state index in [9.17, 15) is 0 Å². The SMILES string of the molecule is N#Cc1ncn(-c2cc(Cl)ccc2CNC2CC2)n1. The molecule has 6 heteroatoms. The quantitative estimate of drug-likeness (QED) is 0.926. The highest BCUT2D eigenvalue weighted by atomic mass is 35.5. The lowest BCUT2D eigenvalue weighted by Crippen LogP contribution is -2.17. The van der Waals surface area contributed by atoms with Gasteiger partial charge in [-0.25, -0.2) is 9.67 Å². The minimum atomic E-state index is 0.154. The lowest BCUT2D eigenvalue weighted by atomic mass is 10.1. The fourth-order valence-corrected chi connectivity index (χ4v) is 2.04. The minimum absolute atomic E-state index is 0.154. The number of nitriles is 1. The van der Waals surface area contributed by atoms with Gasteiger partial charge in [0.15, 0.2) is 0 Å². The van der Waals surface area contributed by atoms with Gasteiger partial charge in [0.05, 0.1) is 5.69 Å². The molecular formula is C13H12ClN5. The van der Waals surface area contributed by atoms with Gasteiger partial charge in [-0.2, -0.15) is 5.26 Å². The zero-order chi connectivity index (χ0) is 13.2. The van der Waals surface area contributed by atoms with Crippen LogP contribution in [0.1, 0.15) is 24.2 Å². The summed E-state index contributed by atoms with van der Waals surface area (Å²) >= 11 is 6.04. The maximum Gasteiger partial charge on any atom is 0.252 e. The summed E-state index contributed by atoms with van der Waals surface area (Å²) in [6, 6.07) is 8.22. The largest absolute Gasteiger partial charge is 0.310 e. The molecule has 0 saturated heterocycles. The molecule has 1 heterocycles. The second-order valence-corrected chi connectivity index (χ2v) is 4.99. The lowest BCUT2D eigenvalue weighted by Gasteiger charge is -2.10. The predicted molar refractivity (Wildman–Crippen MR) is 70.9 cm³/mol. The van der Waals surface area contributed by atoms with Gasteiger partial charge in [0.1, 0.15) is 12.4 Å². The third kappa shape index (κ3) is 2.75. The molecule has 1 fully saturated rings. The van der Waals surface area contributed by atoms with Crippen LogP contribution in [0, 0.1) is 11.3 Å². The van der Waals surface area contributed by atoms with Gasteiger partial charge in [0.2, 0.25) is 0 Å². The lowest BCUT2D eigenvalue weighted by molar-refractivity contribution is 0.681. The van der Waals surface area contributed by atoms with Crippen LogP contribution in [0.2, 0.25) is 5.02 Å². The normalized spacial score (nSPS) is 14.3. The van der Waals surface area contributed by atoms with Crippen LogP contribution in [-0.2, 0) is 6.54 Å². The van der Waals surface area contributed by atoms with Gasteiger partial charge in [-0.3, -0.25) is 0 Å². The molecule has 0 amide bonds. The zero-order valence-electron chi connectivity index (χ0n) is 10.2. The van der Waals surface area contributed by atoms with Crippen LogP contribution < -0.4 is 5.32 Å².